The molecule has 35 heavy (non-hydrogen) atoms. The highest BCUT2D eigenvalue weighted by Gasteiger charge is 2.29. The lowest BCUT2D eigenvalue weighted by atomic mass is 9.80. The summed E-state index contributed by atoms with van der Waals surface area (Å²) in [7, 11) is 0. The number of fused-ring (bicyclic) bond motifs is 1. The van der Waals surface area contributed by atoms with Gasteiger partial charge in [-0.3, -0.25) is 4.79 Å². The van der Waals surface area contributed by atoms with E-state index in [0.717, 1.165) is 61.3 Å². The molecule has 0 amide bonds. The Bertz CT molecular complexity index is 1210. The average molecular weight is 465 g/mol. The second-order valence-electron chi connectivity index (χ2n) is 9.79. The monoisotopic (exact) mass is 464 g/mol. The lowest BCUT2D eigenvalue weighted by Crippen LogP contribution is -2.35. The first-order chi connectivity index (χ1) is 17.2. The number of hydrogen-bond donors (Lipinski definition) is 0. The van der Waals surface area contributed by atoms with Crippen LogP contribution in [0.3, 0.4) is 0 Å². The van der Waals surface area contributed by atoms with Crippen molar-refractivity contribution in [2.45, 2.75) is 44.6 Å². The molecule has 5 rings (SSSR count). The Balaban J connectivity index is 1.13. The predicted octanol–water partition coefficient (Wildman–Crippen LogP) is 6.15. The molecule has 178 valence electrons. The Labute approximate surface area is 208 Å². The molecule has 3 aromatic rings. The molecule has 0 bridgehead atoms. The minimum absolute atomic E-state index is 0.114. The van der Waals surface area contributed by atoms with E-state index in [1.807, 2.05) is 36.4 Å². The summed E-state index contributed by atoms with van der Waals surface area (Å²) in [5.41, 5.74) is 4.91. The first-order valence-corrected chi connectivity index (χ1v) is 12.8. The topological polar surface area (TPSA) is 53.3 Å². The third kappa shape index (κ3) is 5.47. The first-order valence-electron chi connectivity index (χ1n) is 12.8. The molecule has 1 aliphatic heterocycles. The highest BCUT2D eigenvalue weighted by molar-refractivity contribution is 6.00. The van der Waals surface area contributed by atoms with Crippen molar-refractivity contribution < 1.29 is 9.53 Å². The molecule has 1 atom stereocenters. The summed E-state index contributed by atoms with van der Waals surface area (Å²) in [6, 6.07) is 26.4. The second-order valence-corrected chi connectivity index (χ2v) is 9.79. The Hall–Kier alpha value is -3.42. The van der Waals surface area contributed by atoms with Crippen LogP contribution in [0.25, 0.3) is 0 Å². The molecule has 4 heteroatoms. The standard InChI is InChI=1S/C31H32N2O2/c32-21-27-8-4-5-9-28(27)22-35-29-12-13-30-26(20-29)11-10-25(31(30)34)16-19-33-17-14-24(15-18-33)23-6-2-1-3-7-23/h1-9,12-13,20,24-25H,10-11,14-19,22H2. The highest BCUT2D eigenvalue weighted by atomic mass is 16.5. The number of hydrogen-bond acceptors (Lipinski definition) is 4. The molecule has 1 saturated heterocycles. The molecule has 1 heterocycles. The van der Waals surface area contributed by atoms with Crippen LogP contribution in [0.5, 0.6) is 5.75 Å². The minimum Gasteiger partial charge on any atom is -0.489 e. The lowest BCUT2D eigenvalue weighted by molar-refractivity contribution is 0.0877. The number of carbonyl (C=O) groups is 1. The van der Waals surface area contributed by atoms with Crippen LogP contribution >= 0.6 is 0 Å². The quantitative estimate of drug-likeness (QED) is 0.421. The Kier molecular flexibility index (Phi) is 7.25. The number of piperidine rings is 1. The zero-order valence-electron chi connectivity index (χ0n) is 20.2. The summed E-state index contributed by atoms with van der Waals surface area (Å²) in [6.07, 6.45) is 5.17. The van der Waals surface area contributed by atoms with Crippen LogP contribution in [0.1, 0.15) is 64.2 Å². The SMILES string of the molecule is N#Cc1ccccc1COc1ccc2c(c1)CCC(CCN1CCC(c3ccccc3)CC1)C2=O. The largest absolute Gasteiger partial charge is 0.489 e. The molecule has 0 radical (unpaired) electrons. The fourth-order valence-electron chi connectivity index (χ4n) is 5.53. The Morgan fingerprint density at radius 2 is 1.71 bits per heavy atom. The van der Waals surface area contributed by atoms with E-state index >= 15 is 0 Å². The molecule has 4 nitrogen and oxygen atoms in total. The van der Waals surface area contributed by atoms with Gasteiger partial charge in [-0.2, -0.15) is 5.26 Å². The number of ketones is 1. The van der Waals surface area contributed by atoms with Crippen LogP contribution in [0.2, 0.25) is 0 Å². The maximum atomic E-state index is 13.2. The third-order valence-corrected chi connectivity index (χ3v) is 7.66. The van der Waals surface area contributed by atoms with E-state index in [-0.39, 0.29) is 11.7 Å². The number of nitriles is 1. The van der Waals surface area contributed by atoms with E-state index in [4.69, 9.17) is 4.74 Å². The second kappa shape index (κ2) is 10.9. The van der Waals surface area contributed by atoms with Crippen molar-refractivity contribution in [2.24, 2.45) is 5.92 Å². The van der Waals surface area contributed by atoms with Crippen LogP contribution in [0, 0.1) is 17.2 Å². The summed E-state index contributed by atoms with van der Waals surface area (Å²) in [5.74, 6) is 1.82. The molecule has 0 aromatic heterocycles. The van der Waals surface area contributed by atoms with Gasteiger partial charge in [0.2, 0.25) is 0 Å². The zero-order chi connectivity index (χ0) is 24.0. The number of Topliss-reactive ketones (excluding diaryl/α,β-unsaturated/α-hetero) is 1. The van der Waals surface area contributed by atoms with Crippen LogP contribution in [-0.4, -0.2) is 30.3 Å². The average Bonchev–Trinajstić information content (AvgIpc) is 2.92. The predicted molar refractivity (Wildman–Crippen MR) is 138 cm³/mol. The van der Waals surface area contributed by atoms with Crippen LogP contribution in [-0.2, 0) is 13.0 Å². The summed E-state index contributed by atoms with van der Waals surface area (Å²) in [5, 5.41) is 9.27. The molecule has 0 spiro atoms. The third-order valence-electron chi connectivity index (χ3n) is 7.66. The maximum Gasteiger partial charge on any atom is 0.166 e. The molecule has 0 N–H and O–H groups in total. The van der Waals surface area contributed by atoms with E-state index < -0.39 is 0 Å². The van der Waals surface area contributed by atoms with Gasteiger partial charge >= 0.3 is 0 Å². The number of benzene rings is 3. The molecule has 1 unspecified atom stereocenters. The molecule has 2 aliphatic rings. The number of ether oxygens (including phenoxy) is 1. The molecule has 0 saturated carbocycles. The van der Waals surface area contributed by atoms with Crippen molar-refractivity contribution in [3.05, 3.63) is 101 Å². The number of carbonyl (C=O) groups excluding carboxylic acids is 1. The Morgan fingerprint density at radius 3 is 2.51 bits per heavy atom. The number of likely N-dealkylation sites (tertiary alicyclic amines) is 1. The van der Waals surface area contributed by atoms with Crippen molar-refractivity contribution in [1.82, 2.24) is 4.90 Å². The summed E-state index contributed by atoms with van der Waals surface area (Å²) < 4.78 is 5.96. The minimum atomic E-state index is 0.114. The smallest absolute Gasteiger partial charge is 0.166 e. The van der Waals surface area contributed by atoms with Crippen LogP contribution in [0.15, 0.2) is 72.8 Å². The zero-order valence-corrected chi connectivity index (χ0v) is 20.2. The van der Waals surface area contributed by atoms with Gasteiger partial charge in [0, 0.05) is 17.0 Å². The number of aryl methyl sites for hydroxylation is 1. The summed E-state index contributed by atoms with van der Waals surface area (Å²) in [6.45, 7) is 3.59. The van der Waals surface area contributed by atoms with E-state index in [1.54, 1.807) is 6.07 Å². The van der Waals surface area contributed by atoms with Gasteiger partial charge < -0.3 is 9.64 Å². The van der Waals surface area contributed by atoms with Gasteiger partial charge in [0.05, 0.1) is 11.6 Å². The Morgan fingerprint density at radius 1 is 0.943 bits per heavy atom. The van der Waals surface area contributed by atoms with Gasteiger partial charge in [-0.1, -0.05) is 48.5 Å². The molecule has 3 aromatic carbocycles. The highest BCUT2D eigenvalue weighted by Crippen LogP contribution is 2.32. The maximum absolute atomic E-state index is 13.2. The van der Waals surface area contributed by atoms with Crippen molar-refractivity contribution >= 4 is 5.78 Å². The van der Waals surface area contributed by atoms with Gasteiger partial charge in [0.15, 0.2) is 5.78 Å². The fourth-order valence-corrected chi connectivity index (χ4v) is 5.53. The van der Waals surface area contributed by atoms with Crippen molar-refractivity contribution in [1.29, 1.82) is 5.26 Å². The van der Waals surface area contributed by atoms with Gasteiger partial charge in [-0.25, -0.2) is 0 Å². The van der Waals surface area contributed by atoms with Gasteiger partial charge in [0.1, 0.15) is 12.4 Å². The van der Waals surface area contributed by atoms with Gasteiger partial charge in [-0.05, 0) is 93.0 Å². The van der Waals surface area contributed by atoms with Gasteiger partial charge in [-0.15, -0.1) is 0 Å². The molecular formula is C31H32N2O2. The number of rotatable bonds is 7. The van der Waals surface area contributed by atoms with Crippen molar-refractivity contribution in [3.63, 3.8) is 0 Å². The summed E-state index contributed by atoms with van der Waals surface area (Å²) >= 11 is 0. The lowest BCUT2D eigenvalue weighted by Gasteiger charge is -2.33. The first kappa shape index (κ1) is 23.3. The normalized spacial score (nSPS) is 18.6. The molecular weight excluding hydrogens is 432 g/mol. The number of nitrogens with zero attached hydrogens (tertiary/aromatic N) is 2. The molecule has 1 aliphatic carbocycles. The fraction of sp³-hybridized carbons (Fsp3) is 0.355. The molecule has 1 fully saturated rings. The van der Waals surface area contributed by atoms with Crippen LogP contribution in [0.4, 0.5) is 0 Å². The van der Waals surface area contributed by atoms with Crippen molar-refractivity contribution in [3.8, 4) is 11.8 Å². The van der Waals surface area contributed by atoms with Crippen molar-refractivity contribution in [2.75, 3.05) is 19.6 Å². The van der Waals surface area contributed by atoms with E-state index in [2.05, 4.69) is 41.3 Å². The van der Waals surface area contributed by atoms with E-state index in [9.17, 15) is 10.1 Å². The van der Waals surface area contributed by atoms with E-state index in [1.165, 1.54) is 18.4 Å². The van der Waals surface area contributed by atoms with E-state index in [0.29, 0.717) is 18.1 Å². The van der Waals surface area contributed by atoms with Crippen LogP contribution < -0.4 is 4.74 Å². The summed E-state index contributed by atoms with van der Waals surface area (Å²) in [4.78, 5) is 15.7. The van der Waals surface area contributed by atoms with Gasteiger partial charge in [0.25, 0.3) is 0 Å².